The van der Waals surface area contributed by atoms with Gasteiger partial charge < -0.3 is 14.4 Å². The van der Waals surface area contributed by atoms with E-state index in [4.69, 9.17) is 14.5 Å². The number of carbonyl (C=O) groups is 1. The van der Waals surface area contributed by atoms with E-state index in [1.54, 1.807) is 7.11 Å². The van der Waals surface area contributed by atoms with Gasteiger partial charge in [-0.1, -0.05) is 25.5 Å². The van der Waals surface area contributed by atoms with E-state index in [1.165, 1.54) is 6.42 Å². The van der Waals surface area contributed by atoms with E-state index >= 15 is 0 Å². The molecule has 2 aromatic heterocycles. The van der Waals surface area contributed by atoms with Crippen molar-refractivity contribution in [2.24, 2.45) is 0 Å². The molecule has 0 radical (unpaired) electrons. The molecule has 1 fully saturated rings. The van der Waals surface area contributed by atoms with Crippen molar-refractivity contribution in [2.75, 3.05) is 25.1 Å². The van der Waals surface area contributed by atoms with Crippen molar-refractivity contribution in [1.82, 2.24) is 14.4 Å². The molecule has 7 heteroatoms. The molecule has 0 N–H and O–H groups in total. The van der Waals surface area contributed by atoms with Crippen LogP contribution in [0, 0.1) is 6.92 Å². The van der Waals surface area contributed by atoms with Gasteiger partial charge in [0.15, 0.2) is 0 Å². The van der Waals surface area contributed by atoms with Crippen molar-refractivity contribution in [1.29, 1.82) is 0 Å². The van der Waals surface area contributed by atoms with Crippen molar-refractivity contribution in [3.05, 3.63) is 41.9 Å². The summed E-state index contributed by atoms with van der Waals surface area (Å²) in [6.45, 7) is 8.04. The van der Waals surface area contributed by atoms with E-state index in [0.29, 0.717) is 5.75 Å². The van der Waals surface area contributed by atoms with Crippen molar-refractivity contribution in [3.8, 4) is 17.0 Å². The molecule has 0 saturated carbocycles. The Morgan fingerprint density at radius 1 is 1.29 bits per heavy atom. The molecule has 1 aliphatic rings. The Morgan fingerprint density at radius 2 is 2.10 bits per heavy atom. The molecule has 1 aromatic carbocycles. The number of hydrogen-bond acceptors (Lipinski definition) is 6. The van der Waals surface area contributed by atoms with Gasteiger partial charge in [0.2, 0.25) is 5.95 Å². The average molecular weight is 423 g/mol. The molecule has 3 aromatic rings. The van der Waals surface area contributed by atoms with Crippen LogP contribution in [0.25, 0.3) is 16.8 Å². The van der Waals surface area contributed by atoms with Gasteiger partial charge in [-0.05, 0) is 32.8 Å². The number of carbonyl (C=O) groups excluding carboxylic acids is 1. The Kier molecular flexibility index (Phi) is 6.11. The molecule has 31 heavy (non-hydrogen) atoms. The maximum atomic E-state index is 12.4. The third-order valence-electron chi connectivity index (χ3n) is 5.78. The zero-order valence-corrected chi connectivity index (χ0v) is 18.7. The van der Waals surface area contributed by atoms with Crippen molar-refractivity contribution in [3.63, 3.8) is 0 Å². The van der Waals surface area contributed by atoms with Crippen LogP contribution in [0.5, 0.6) is 5.75 Å². The maximum Gasteiger partial charge on any atom is 0.310 e. The van der Waals surface area contributed by atoms with Gasteiger partial charge in [0.25, 0.3) is 0 Å². The third-order valence-corrected chi connectivity index (χ3v) is 5.78. The van der Waals surface area contributed by atoms with Gasteiger partial charge in [0, 0.05) is 36.6 Å². The second-order valence-electron chi connectivity index (χ2n) is 8.12. The van der Waals surface area contributed by atoms with Crippen LogP contribution in [0.1, 0.15) is 44.4 Å². The van der Waals surface area contributed by atoms with Crippen LogP contribution in [-0.4, -0.2) is 46.6 Å². The zero-order valence-electron chi connectivity index (χ0n) is 18.7. The number of methoxy groups -OCH3 is 1. The highest BCUT2D eigenvalue weighted by molar-refractivity contribution is 5.83. The van der Waals surface area contributed by atoms with E-state index in [0.717, 1.165) is 59.9 Å². The van der Waals surface area contributed by atoms with Crippen molar-refractivity contribution < 1.29 is 14.3 Å². The number of ether oxygens (including phenoxy) is 2. The van der Waals surface area contributed by atoms with Gasteiger partial charge in [0.1, 0.15) is 11.4 Å². The Morgan fingerprint density at radius 3 is 2.77 bits per heavy atom. The van der Waals surface area contributed by atoms with E-state index < -0.39 is 0 Å². The van der Waals surface area contributed by atoms with Crippen LogP contribution >= 0.6 is 0 Å². The number of fused-ring (bicyclic) bond motifs is 1. The number of nitrogens with zero attached hydrogens (tertiary/aromatic N) is 4. The minimum Gasteiger partial charge on any atom is -0.496 e. The molecule has 4 rings (SSSR count). The summed E-state index contributed by atoms with van der Waals surface area (Å²) < 4.78 is 13.2. The van der Waals surface area contributed by atoms with Crippen molar-refractivity contribution >= 4 is 17.4 Å². The van der Waals surface area contributed by atoms with Gasteiger partial charge in [0.05, 0.1) is 30.8 Å². The normalized spacial score (nSPS) is 14.4. The summed E-state index contributed by atoms with van der Waals surface area (Å²) in [5.41, 5.74) is 4.53. The molecule has 0 amide bonds. The van der Waals surface area contributed by atoms with E-state index in [1.807, 2.05) is 44.4 Å². The Balaban J connectivity index is 1.67. The average Bonchev–Trinajstić information content (AvgIpc) is 3.07. The first-order chi connectivity index (χ1) is 15.0. The van der Waals surface area contributed by atoms with Crippen LogP contribution < -0.4 is 9.64 Å². The molecule has 1 atom stereocenters. The molecule has 1 saturated heterocycles. The molecule has 3 heterocycles. The molecule has 0 bridgehead atoms. The van der Waals surface area contributed by atoms with Gasteiger partial charge in [-0.25, -0.2) is 4.98 Å². The smallest absolute Gasteiger partial charge is 0.310 e. The summed E-state index contributed by atoms with van der Waals surface area (Å²) in [6.07, 6.45) is 6.92. The highest BCUT2D eigenvalue weighted by atomic mass is 16.5. The molecular weight excluding hydrogens is 392 g/mol. The fraction of sp³-hybridized carbons (Fsp3) is 0.458. The number of anilines is 1. The summed E-state index contributed by atoms with van der Waals surface area (Å²) in [5, 5.41) is 0. The summed E-state index contributed by atoms with van der Waals surface area (Å²) in [7, 11) is 1.62. The predicted octanol–water partition coefficient (Wildman–Crippen LogP) is 4.20. The minimum atomic E-state index is -0.237. The minimum absolute atomic E-state index is 0.0740. The van der Waals surface area contributed by atoms with Gasteiger partial charge in [-0.2, -0.15) is 0 Å². The summed E-state index contributed by atoms with van der Waals surface area (Å²) >= 11 is 0. The van der Waals surface area contributed by atoms with Crippen LogP contribution in [0.15, 0.2) is 30.6 Å². The van der Waals surface area contributed by atoms with E-state index in [-0.39, 0.29) is 18.5 Å². The number of aromatic nitrogens is 3. The number of benzene rings is 1. The molecule has 7 nitrogen and oxygen atoms in total. The maximum absolute atomic E-state index is 12.4. The number of imidazole rings is 1. The fourth-order valence-corrected chi connectivity index (χ4v) is 4.05. The second-order valence-corrected chi connectivity index (χ2v) is 8.12. The number of esters is 1. The quantitative estimate of drug-likeness (QED) is 0.507. The lowest BCUT2D eigenvalue weighted by molar-refractivity contribution is -0.147. The van der Waals surface area contributed by atoms with Gasteiger partial charge in [-0.3, -0.25) is 14.2 Å². The standard InChI is InChI=1S/C24H30N4O3/c1-5-7-16(2)31-21(29)15-18-8-9-19(14-20(18)30-4)22-23-17(3)25-10-13-28(23)24(26-22)27-11-6-12-27/h8-10,13-14,16H,5-7,11-12,15H2,1-4H3/t16-/m0/s1. The fourth-order valence-electron chi connectivity index (χ4n) is 4.05. The predicted molar refractivity (Wildman–Crippen MR) is 121 cm³/mol. The molecule has 0 aliphatic carbocycles. The van der Waals surface area contributed by atoms with Crippen LogP contribution in [0.4, 0.5) is 5.95 Å². The van der Waals surface area contributed by atoms with Crippen LogP contribution in [0.3, 0.4) is 0 Å². The Labute approximate surface area is 183 Å². The van der Waals surface area contributed by atoms with Crippen LogP contribution in [0.2, 0.25) is 0 Å². The summed E-state index contributed by atoms with van der Waals surface area (Å²) in [5.74, 6) is 1.36. The largest absolute Gasteiger partial charge is 0.496 e. The number of rotatable bonds is 8. The molecule has 1 aliphatic heterocycles. The topological polar surface area (TPSA) is 69.0 Å². The first-order valence-corrected chi connectivity index (χ1v) is 11.0. The summed E-state index contributed by atoms with van der Waals surface area (Å²) in [4.78, 5) is 24.1. The lowest BCUT2D eigenvalue weighted by atomic mass is 10.0. The first kappa shape index (κ1) is 21.2. The highest BCUT2D eigenvalue weighted by Gasteiger charge is 2.24. The molecule has 0 unspecified atom stereocenters. The van der Waals surface area contributed by atoms with Crippen LogP contribution in [-0.2, 0) is 16.0 Å². The summed E-state index contributed by atoms with van der Waals surface area (Å²) in [6, 6.07) is 5.88. The first-order valence-electron chi connectivity index (χ1n) is 11.0. The Bertz CT molecular complexity index is 1090. The monoisotopic (exact) mass is 422 g/mol. The third kappa shape index (κ3) is 4.22. The lowest BCUT2D eigenvalue weighted by Crippen LogP contribution is -2.38. The SMILES string of the molecule is CCC[C@H](C)OC(=O)Cc1ccc(-c2nc(N3CCC3)n3ccnc(C)c23)cc1OC. The lowest BCUT2D eigenvalue weighted by Gasteiger charge is -2.31. The zero-order chi connectivity index (χ0) is 22.0. The van der Waals surface area contributed by atoms with Gasteiger partial charge >= 0.3 is 5.97 Å². The second kappa shape index (κ2) is 8.96. The molecule has 0 spiro atoms. The van der Waals surface area contributed by atoms with E-state index in [9.17, 15) is 4.79 Å². The molecular formula is C24H30N4O3. The van der Waals surface area contributed by atoms with Gasteiger partial charge in [-0.15, -0.1) is 0 Å². The Hall–Kier alpha value is -3.09. The van der Waals surface area contributed by atoms with E-state index in [2.05, 4.69) is 21.2 Å². The number of aryl methyl sites for hydroxylation is 1. The number of hydrogen-bond donors (Lipinski definition) is 0. The molecule has 164 valence electrons. The van der Waals surface area contributed by atoms with Crippen molar-refractivity contribution in [2.45, 2.75) is 52.6 Å². The highest BCUT2D eigenvalue weighted by Crippen LogP contribution is 2.34.